The lowest BCUT2D eigenvalue weighted by Gasteiger charge is -2.32. The highest BCUT2D eigenvalue weighted by atomic mass is 35.5. The summed E-state index contributed by atoms with van der Waals surface area (Å²) in [6.45, 7) is 1.81. The minimum atomic E-state index is -0.473. The first-order chi connectivity index (χ1) is 16.6. The summed E-state index contributed by atoms with van der Waals surface area (Å²) >= 11 is 6.00. The monoisotopic (exact) mass is 477 g/mol. The number of hydrogen-bond donors (Lipinski definition) is 3. The molecule has 2 aromatic carbocycles. The number of hydroxylamine groups is 1. The molecule has 1 saturated heterocycles. The van der Waals surface area contributed by atoms with Gasteiger partial charge in [-0.1, -0.05) is 48.0 Å². The maximum atomic E-state index is 11.3. The van der Waals surface area contributed by atoms with Gasteiger partial charge in [-0.2, -0.15) is 0 Å². The molecule has 1 aromatic heterocycles. The predicted octanol–water partition coefficient (Wildman–Crippen LogP) is 3.96. The minimum absolute atomic E-state index is 0.0647. The van der Waals surface area contributed by atoms with Crippen molar-refractivity contribution in [1.82, 2.24) is 20.8 Å². The summed E-state index contributed by atoms with van der Waals surface area (Å²) in [5.74, 6) is 0.806. The second kappa shape index (κ2) is 10.1. The Labute approximate surface area is 204 Å². The Balaban J connectivity index is 1.09. The van der Waals surface area contributed by atoms with E-state index in [4.69, 9.17) is 16.8 Å². The first-order valence-corrected chi connectivity index (χ1v) is 12.1. The van der Waals surface area contributed by atoms with Gasteiger partial charge in [-0.25, -0.2) is 15.4 Å². The van der Waals surface area contributed by atoms with E-state index >= 15 is 0 Å². The Bertz CT molecular complexity index is 1110. The number of halogens is 1. The molecule has 8 heteroatoms. The molecule has 2 fully saturated rings. The van der Waals surface area contributed by atoms with Gasteiger partial charge in [-0.05, 0) is 53.6 Å². The number of piperidine rings is 1. The first kappa shape index (κ1) is 22.8. The molecule has 2 unspecified atom stereocenters. The van der Waals surface area contributed by atoms with Crippen LogP contribution in [-0.4, -0.2) is 46.3 Å². The molecule has 3 N–H and O–H groups in total. The van der Waals surface area contributed by atoms with E-state index in [2.05, 4.69) is 56.6 Å². The number of nitrogens with one attached hydrogen (secondary N) is 2. The fourth-order valence-corrected chi connectivity index (χ4v) is 4.82. The summed E-state index contributed by atoms with van der Waals surface area (Å²) in [7, 11) is 0. The molecule has 0 spiro atoms. The fraction of sp³-hybridized carbons (Fsp3) is 0.346. The molecular weight excluding hydrogens is 450 g/mol. The van der Waals surface area contributed by atoms with Gasteiger partial charge in [0.05, 0.1) is 6.42 Å². The van der Waals surface area contributed by atoms with Crippen molar-refractivity contribution in [2.24, 2.45) is 0 Å². The third-order valence-corrected chi connectivity index (χ3v) is 6.97. The second-order valence-electron chi connectivity index (χ2n) is 9.11. The van der Waals surface area contributed by atoms with Crippen LogP contribution in [0.5, 0.6) is 0 Å². The second-order valence-corrected chi connectivity index (χ2v) is 9.55. The molecule has 1 saturated carbocycles. The highest BCUT2D eigenvalue weighted by Gasteiger charge is 2.39. The highest BCUT2D eigenvalue weighted by Crippen LogP contribution is 2.42. The summed E-state index contributed by atoms with van der Waals surface area (Å²) in [6, 6.07) is 17.9. The van der Waals surface area contributed by atoms with E-state index in [1.807, 2.05) is 12.1 Å². The molecule has 2 atom stereocenters. The van der Waals surface area contributed by atoms with Crippen molar-refractivity contribution < 1.29 is 10.0 Å². The van der Waals surface area contributed by atoms with Gasteiger partial charge in [-0.15, -0.1) is 0 Å². The van der Waals surface area contributed by atoms with Crippen LogP contribution in [0.15, 0.2) is 60.9 Å². The maximum Gasteiger partial charge on any atom is 0.247 e. The molecule has 0 bridgehead atoms. The number of carbonyl (C=O) groups excluding carboxylic acids is 1. The van der Waals surface area contributed by atoms with Gasteiger partial charge in [0.2, 0.25) is 11.9 Å². The number of carbonyl (C=O) groups is 1. The zero-order valence-corrected chi connectivity index (χ0v) is 19.6. The fourth-order valence-electron chi connectivity index (χ4n) is 4.69. The van der Waals surface area contributed by atoms with Crippen LogP contribution in [0.4, 0.5) is 5.95 Å². The standard InChI is InChI=1S/C26H28ClN5O2/c27-21-7-5-19(6-8-21)18-1-3-20(4-2-18)23-14-24(23)30-22-9-11-32(12-10-22)26-28-15-17(16-29-26)13-25(33)31-34/h1-8,15-16,22-24,30,34H,9-14H2,(H,31,33). The maximum absolute atomic E-state index is 11.3. The number of aromatic nitrogens is 2. The lowest BCUT2D eigenvalue weighted by Crippen LogP contribution is -2.44. The first-order valence-electron chi connectivity index (χ1n) is 11.7. The summed E-state index contributed by atoms with van der Waals surface area (Å²) in [4.78, 5) is 22.2. The smallest absolute Gasteiger partial charge is 0.247 e. The molecule has 5 rings (SSSR count). The van der Waals surface area contributed by atoms with Crippen molar-refractivity contribution in [1.29, 1.82) is 0 Å². The SMILES string of the molecule is O=C(Cc1cnc(N2CCC(NC3CC3c3ccc(-c4ccc(Cl)cc4)cc3)CC2)nc1)NO. The van der Waals surface area contributed by atoms with Gasteiger partial charge in [0, 0.05) is 48.5 Å². The van der Waals surface area contributed by atoms with Gasteiger partial charge in [0.1, 0.15) is 0 Å². The Morgan fingerprint density at radius 3 is 2.24 bits per heavy atom. The molecule has 34 heavy (non-hydrogen) atoms. The van der Waals surface area contributed by atoms with E-state index in [0.29, 0.717) is 29.5 Å². The van der Waals surface area contributed by atoms with E-state index in [1.54, 1.807) is 17.9 Å². The summed E-state index contributed by atoms with van der Waals surface area (Å²) < 4.78 is 0. The van der Waals surface area contributed by atoms with Crippen molar-refractivity contribution in [3.8, 4) is 11.1 Å². The van der Waals surface area contributed by atoms with Crippen LogP contribution >= 0.6 is 11.6 Å². The number of rotatable bonds is 7. The van der Waals surface area contributed by atoms with Crippen LogP contribution in [0.3, 0.4) is 0 Å². The highest BCUT2D eigenvalue weighted by molar-refractivity contribution is 6.30. The van der Waals surface area contributed by atoms with Crippen LogP contribution in [0.2, 0.25) is 5.02 Å². The van der Waals surface area contributed by atoms with Gasteiger partial charge in [0.15, 0.2) is 0 Å². The molecule has 1 aliphatic carbocycles. The van der Waals surface area contributed by atoms with Crippen molar-refractivity contribution >= 4 is 23.5 Å². The van der Waals surface area contributed by atoms with Gasteiger partial charge in [0.25, 0.3) is 0 Å². The molecule has 1 amide bonds. The van der Waals surface area contributed by atoms with Crippen molar-refractivity contribution in [2.75, 3.05) is 18.0 Å². The lowest BCUT2D eigenvalue weighted by molar-refractivity contribution is -0.128. The zero-order chi connectivity index (χ0) is 23.5. The molecule has 7 nitrogen and oxygen atoms in total. The van der Waals surface area contributed by atoms with E-state index in [1.165, 1.54) is 23.1 Å². The average Bonchev–Trinajstić information content (AvgIpc) is 3.64. The molecule has 3 aromatic rings. The van der Waals surface area contributed by atoms with Crippen LogP contribution in [-0.2, 0) is 11.2 Å². The minimum Gasteiger partial charge on any atom is -0.341 e. The average molecular weight is 478 g/mol. The molecule has 2 aliphatic rings. The normalized spacial score (nSPS) is 20.2. The van der Waals surface area contributed by atoms with E-state index in [-0.39, 0.29) is 6.42 Å². The topological polar surface area (TPSA) is 90.4 Å². The summed E-state index contributed by atoms with van der Waals surface area (Å²) in [5, 5.41) is 13.2. The molecular formula is C26H28ClN5O2. The quantitative estimate of drug-likeness (QED) is 0.352. The molecule has 1 aliphatic heterocycles. The lowest BCUT2D eigenvalue weighted by atomic mass is 10.0. The number of benzene rings is 2. The van der Waals surface area contributed by atoms with Crippen LogP contribution in [0.25, 0.3) is 11.1 Å². The van der Waals surface area contributed by atoms with E-state index < -0.39 is 5.91 Å². The van der Waals surface area contributed by atoms with E-state index in [0.717, 1.165) is 31.0 Å². The zero-order valence-electron chi connectivity index (χ0n) is 18.8. The van der Waals surface area contributed by atoms with Gasteiger partial charge < -0.3 is 10.2 Å². The molecule has 0 radical (unpaired) electrons. The largest absolute Gasteiger partial charge is 0.341 e. The predicted molar refractivity (Wildman–Crippen MR) is 132 cm³/mol. The molecule has 2 heterocycles. The van der Waals surface area contributed by atoms with Crippen molar-refractivity contribution in [3.63, 3.8) is 0 Å². The van der Waals surface area contributed by atoms with Crippen molar-refractivity contribution in [2.45, 2.75) is 43.7 Å². The third-order valence-electron chi connectivity index (χ3n) is 6.72. The summed E-state index contributed by atoms with van der Waals surface area (Å²) in [6.07, 6.45) is 6.65. The van der Waals surface area contributed by atoms with Crippen LogP contribution in [0, 0.1) is 0 Å². The van der Waals surface area contributed by atoms with Crippen LogP contribution < -0.4 is 15.7 Å². The Hall–Kier alpha value is -3.00. The Morgan fingerprint density at radius 2 is 1.62 bits per heavy atom. The van der Waals surface area contributed by atoms with Gasteiger partial charge in [-0.3, -0.25) is 10.0 Å². The number of nitrogens with zero attached hydrogens (tertiary/aromatic N) is 3. The Morgan fingerprint density at radius 1 is 1.00 bits per heavy atom. The third kappa shape index (κ3) is 5.38. The van der Waals surface area contributed by atoms with Crippen molar-refractivity contribution in [3.05, 3.63) is 77.1 Å². The number of anilines is 1. The number of amides is 1. The Kier molecular flexibility index (Phi) is 6.76. The van der Waals surface area contributed by atoms with E-state index in [9.17, 15) is 4.79 Å². The van der Waals surface area contributed by atoms with Gasteiger partial charge >= 0.3 is 0 Å². The number of hydrogen-bond acceptors (Lipinski definition) is 6. The molecule has 176 valence electrons. The van der Waals surface area contributed by atoms with Crippen LogP contribution in [0.1, 0.15) is 36.3 Å². The summed E-state index contributed by atoms with van der Waals surface area (Å²) in [5.41, 5.74) is 6.09.